The van der Waals surface area contributed by atoms with Crippen molar-refractivity contribution in [2.24, 2.45) is 0 Å². The van der Waals surface area contributed by atoms with Crippen molar-refractivity contribution in [3.8, 4) is 0 Å². The first-order valence-electron chi connectivity index (χ1n) is 0. The summed E-state index contributed by atoms with van der Waals surface area (Å²) in [6.07, 6.45) is 0. The van der Waals surface area contributed by atoms with E-state index in [9.17, 15) is 0 Å². The molecule has 0 fully saturated rings. The molecule has 9 heteroatoms. The van der Waals surface area contributed by atoms with Gasteiger partial charge in [0, 0.05) is 0 Å². The van der Waals surface area contributed by atoms with E-state index in [4.69, 9.17) is 0 Å². The summed E-state index contributed by atoms with van der Waals surface area (Å²) in [5.41, 5.74) is 0. The maximum atomic E-state index is 0. The average molecular weight is 276 g/mol. The Balaban J connectivity index is 0. The van der Waals surface area contributed by atoms with Crippen LogP contribution < -0.4 is 0 Å². The van der Waals surface area contributed by atoms with Gasteiger partial charge < -0.3 is 32.9 Å². The normalized spacial score (nSPS) is 0. The van der Waals surface area contributed by atoms with Crippen LogP contribution in [-0.4, -0.2) is 32.9 Å². The van der Waals surface area contributed by atoms with Gasteiger partial charge in [0.15, 0.2) is 0 Å². The van der Waals surface area contributed by atoms with E-state index in [1.807, 2.05) is 0 Å². The Morgan fingerprint density at radius 1 is 0.444 bits per heavy atom. The first-order chi connectivity index (χ1) is 0. The predicted molar refractivity (Wildman–Crippen MR) is 11.6 cm³/mol. The molecule has 0 aliphatic rings. The molecule has 0 saturated carbocycles. The fourth-order valence-corrected chi connectivity index (χ4v) is 0. The number of rotatable bonds is 0. The van der Waals surface area contributed by atoms with Crippen molar-refractivity contribution in [3.63, 3.8) is 0 Å². The Labute approximate surface area is 83.2 Å². The van der Waals surface area contributed by atoms with Gasteiger partial charge in [0.2, 0.25) is 0 Å². The minimum absolute atomic E-state index is 0. The van der Waals surface area contributed by atoms with Crippen LogP contribution >= 0.6 is 0 Å². The molecule has 9 heavy (non-hydrogen) atoms. The van der Waals surface area contributed by atoms with Crippen molar-refractivity contribution in [1.82, 2.24) is 0 Å². The van der Waals surface area contributed by atoms with Gasteiger partial charge in [-0.3, -0.25) is 0 Å². The van der Waals surface area contributed by atoms with Crippen LogP contribution in [0.1, 0.15) is 0 Å². The summed E-state index contributed by atoms with van der Waals surface area (Å²) in [5.74, 6) is 0. The minimum atomic E-state index is 0. The molecule has 0 bridgehead atoms. The van der Waals surface area contributed by atoms with Crippen LogP contribution in [0.3, 0.4) is 0 Å². The summed E-state index contributed by atoms with van der Waals surface area (Å²) in [6, 6.07) is 0. The molecule has 6 N–H and O–H groups in total. The van der Waals surface area contributed by atoms with Crippen LogP contribution in [0, 0.1) is 0 Å². The van der Waals surface area contributed by atoms with Gasteiger partial charge in [0.1, 0.15) is 0 Å². The molecule has 0 amide bonds. The number of hydrogen-bond acceptors (Lipinski definition) is 6. The topological polar surface area (TPSA) is 180 Å². The maximum absolute atomic E-state index is 0. The summed E-state index contributed by atoms with van der Waals surface area (Å²) in [6.45, 7) is 0. The largest absolute Gasteiger partial charge is 2.00 e. The zero-order chi connectivity index (χ0) is 0. The molecule has 0 heterocycles. The van der Waals surface area contributed by atoms with Crippen LogP contribution in [0.25, 0.3) is 0 Å². The van der Waals surface area contributed by atoms with Crippen molar-refractivity contribution in [2.45, 2.75) is 0 Å². The first-order valence-corrected chi connectivity index (χ1v) is 0. The number of hydrogen-bond donors (Lipinski definition) is 0. The molecule has 0 rings (SSSR count). The standard InChI is InChI=1S/Co.Fe.Ni.6H2O/h;;;6*1H2/q3*+2;;;;;;/p-6. The Morgan fingerprint density at radius 2 is 0.444 bits per heavy atom. The summed E-state index contributed by atoms with van der Waals surface area (Å²) >= 11 is 0. The predicted octanol–water partition coefficient (Wildman–Crippen LogP) is -1.07. The molecule has 6 nitrogen and oxygen atoms in total. The van der Waals surface area contributed by atoms with Gasteiger partial charge in [0.05, 0.1) is 0 Å². The Kier molecular flexibility index (Phi) is 23300. The molecule has 1 radical (unpaired) electrons. The van der Waals surface area contributed by atoms with Gasteiger partial charge in [-0.15, -0.1) is 0 Å². The van der Waals surface area contributed by atoms with E-state index in [1.54, 1.807) is 0 Å². The third-order valence-corrected chi connectivity index (χ3v) is 0. The summed E-state index contributed by atoms with van der Waals surface area (Å²) < 4.78 is 0. The zero-order valence-electron chi connectivity index (χ0n) is 3.69. The molecule has 0 spiro atoms. The second-order valence-corrected chi connectivity index (χ2v) is 0. The van der Waals surface area contributed by atoms with E-state index in [0.717, 1.165) is 0 Å². The fraction of sp³-hybridized carbons (Fsp3) is 0. The molecule has 0 aliphatic heterocycles. The molecule has 69 valence electrons. The van der Waals surface area contributed by atoms with Crippen molar-refractivity contribution in [1.29, 1.82) is 0 Å². The Bertz CT molecular complexity index is 13.0. The van der Waals surface area contributed by atoms with Gasteiger partial charge in [-0.2, -0.15) is 0 Å². The zero-order valence-corrected chi connectivity index (χ0v) is 6.82. The molecule has 0 atom stereocenters. The molecule has 0 saturated heterocycles. The Hall–Kier alpha value is 1.28. The van der Waals surface area contributed by atoms with E-state index >= 15 is 0 Å². The van der Waals surface area contributed by atoms with Gasteiger partial charge in [-0.05, 0) is 0 Å². The third kappa shape index (κ3) is 300. The molecule has 0 aliphatic carbocycles. The molecule has 0 aromatic rings. The van der Waals surface area contributed by atoms with Crippen molar-refractivity contribution < 1.29 is 83.2 Å². The quantitative estimate of drug-likeness (QED) is 0.507. The first kappa shape index (κ1) is 541. The van der Waals surface area contributed by atoms with Crippen molar-refractivity contribution >= 4 is 0 Å². The van der Waals surface area contributed by atoms with Gasteiger partial charge >= 0.3 is 50.3 Å². The fourth-order valence-electron chi connectivity index (χ4n) is 0. The van der Waals surface area contributed by atoms with Gasteiger partial charge in [0.25, 0.3) is 0 Å². The molecule has 0 aromatic heterocycles. The van der Waals surface area contributed by atoms with Crippen LogP contribution in [-0.2, 0) is 50.3 Å². The van der Waals surface area contributed by atoms with Crippen LogP contribution in [0.5, 0.6) is 0 Å². The van der Waals surface area contributed by atoms with Crippen molar-refractivity contribution in [3.05, 3.63) is 0 Å². The van der Waals surface area contributed by atoms with Gasteiger partial charge in [-0.25, -0.2) is 0 Å². The minimum Gasteiger partial charge on any atom is -0.870 e. The molecular formula is H6CoFeNiO6. The monoisotopic (exact) mass is 275 g/mol. The van der Waals surface area contributed by atoms with Crippen LogP contribution in [0.4, 0.5) is 0 Å². The van der Waals surface area contributed by atoms with E-state index in [-0.39, 0.29) is 83.2 Å². The van der Waals surface area contributed by atoms with E-state index < -0.39 is 0 Å². The van der Waals surface area contributed by atoms with Crippen LogP contribution in [0.15, 0.2) is 0 Å². The SMILES string of the molecule is [Co+2].[Fe+2].[Ni+2].[OH-].[OH-].[OH-].[OH-].[OH-].[OH-]. The summed E-state index contributed by atoms with van der Waals surface area (Å²) in [5, 5.41) is 0. The average Bonchev–Trinajstić information content (AvgIpc) is 0. The molecule has 0 unspecified atom stereocenters. The third-order valence-electron chi connectivity index (χ3n) is 0. The maximum Gasteiger partial charge on any atom is 2.00 e. The summed E-state index contributed by atoms with van der Waals surface area (Å²) in [7, 11) is 0. The van der Waals surface area contributed by atoms with E-state index in [2.05, 4.69) is 0 Å². The van der Waals surface area contributed by atoms with E-state index in [1.165, 1.54) is 0 Å². The smallest absolute Gasteiger partial charge is 0.870 e. The Morgan fingerprint density at radius 3 is 0.444 bits per heavy atom. The van der Waals surface area contributed by atoms with E-state index in [0.29, 0.717) is 0 Å². The second kappa shape index (κ2) is 389. The van der Waals surface area contributed by atoms with Gasteiger partial charge in [-0.1, -0.05) is 0 Å². The second-order valence-electron chi connectivity index (χ2n) is 0. The molecule has 0 aromatic carbocycles. The van der Waals surface area contributed by atoms with Crippen LogP contribution in [0.2, 0.25) is 0 Å². The van der Waals surface area contributed by atoms with Crippen molar-refractivity contribution in [2.75, 3.05) is 0 Å². The summed E-state index contributed by atoms with van der Waals surface area (Å²) in [4.78, 5) is 0. The molecular weight excluding hydrogens is 269 g/mol.